The molecular formula is C8H9BrO2. The molecule has 1 rings (SSSR count). The predicted molar refractivity (Wildman–Crippen MR) is 46.2 cm³/mol. The van der Waals surface area contributed by atoms with Gasteiger partial charge in [0.05, 0.1) is 6.61 Å². The second-order valence-corrected chi connectivity index (χ2v) is 3.17. The standard InChI is InChI=1S/C8H9BrO2/c9-7-3-1-2-6(4-7)8(11)5-10/h1-4,8,10-11H,5H2/t8-/m0/s1. The third kappa shape index (κ3) is 2.29. The molecule has 0 aliphatic rings. The fraction of sp³-hybridized carbons (Fsp3) is 0.250. The molecule has 60 valence electrons. The van der Waals surface area contributed by atoms with Crippen molar-refractivity contribution in [3.8, 4) is 0 Å². The Labute approximate surface area is 73.6 Å². The third-order valence-corrected chi connectivity index (χ3v) is 1.90. The van der Waals surface area contributed by atoms with E-state index in [0.29, 0.717) is 0 Å². The number of aliphatic hydroxyl groups excluding tert-OH is 2. The van der Waals surface area contributed by atoms with Crippen LogP contribution in [0.5, 0.6) is 0 Å². The first-order valence-corrected chi connectivity index (χ1v) is 4.07. The van der Waals surface area contributed by atoms with Gasteiger partial charge in [-0.15, -0.1) is 0 Å². The number of benzene rings is 1. The van der Waals surface area contributed by atoms with Crippen LogP contribution in [-0.2, 0) is 0 Å². The van der Waals surface area contributed by atoms with E-state index in [2.05, 4.69) is 15.9 Å². The Balaban J connectivity index is 2.86. The van der Waals surface area contributed by atoms with Crippen molar-refractivity contribution < 1.29 is 10.2 Å². The summed E-state index contributed by atoms with van der Waals surface area (Å²) in [5.74, 6) is 0. The van der Waals surface area contributed by atoms with Crippen molar-refractivity contribution in [3.63, 3.8) is 0 Å². The lowest BCUT2D eigenvalue weighted by Gasteiger charge is -2.06. The highest BCUT2D eigenvalue weighted by Crippen LogP contribution is 2.17. The number of rotatable bonds is 2. The quantitative estimate of drug-likeness (QED) is 0.787. The van der Waals surface area contributed by atoms with E-state index in [1.54, 1.807) is 12.1 Å². The van der Waals surface area contributed by atoms with Gasteiger partial charge in [0, 0.05) is 4.47 Å². The summed E-state index contributed by atoms with van der Waals surface area (Å²) in [5, 5.41) is 17.8. The Kier molecular flexibility index (Phi) is 3.05. The van der Waals surface area contributed by atoms with Crippen molar-refractivity contribution in [3.05, 3.63) is 34.3 Å². The lowest BCUT2D eigenvalue weighted by Crippen LogP contribution is -2.01. The molecule has 2 nitrogen and oxygen atoms in total. The van der Waals surface area contributed by atoms with E-state index in [4.69, 9.17) is 5.11 Å². The van der Waals surface area contributed by atoms with Crippen molar-refractivity contribution in [2.75, 3.05) is 6.61 Å². The van der Waals surface area contributed by atoms with Crippen LogP contribution >= 0.6 is 15.9 Å². The molecule has 0 spiro atoms. The number of halogens is 1. The Hall–Kier alpha value is -0.380. The molecule has 0 heterocycles. The van der Waals surface area contributed by atoms with Crippen LogP contribution in [-0.4, -0.2) is 16.8 Å². The van der Waals surface area contributed by atoms with Gasteiger partial charge in [-0.3, -0.25) is 0 Å². The number of hydrogen-bond donors (Lipinski definition) is 2. The van der Waals surface area contributed by atoms with Crippen molar-refractivity contribution in [1.29, 1.82) is 0 Å². The molecule has 0 amide bonds. The second-order valence-electron chi connectivity index (χ2n) is 2.25. The number of aliphatic hydroxyl groups is 2. The molecule has 1 aromatic carbocycles. The average Bonchev–Trinajstić information content (AvgIpc) is 2.03. The van der Waals surface area contributed by atoms with Crippen LogP contribution in [0, 0.1) is 0 Å². The van der Waals surface area contributed by atoms with E-state index in [1.807, 2.05) is 12.1 Å². The van der Waals surface area contributed by atoms with E-state index in [9.17, 15) is 5.11 Å². The van der Waals surface area contributed by atoms with Gasteiger partial charge in [0.25, 0.3) is 0 Å². The Morgan fingerprint density at radius 1 is 1.45 bits per heavy atom. The zero-order chi connectivity index (χ0) is 8.27. The molecule has 0 saturated carbocycles. The highest BCUT2D eigenvalue weighted by molar-refractivity contribution is 9.10. The zero-order valence-corrected chi connectivity index (χ0v) is 7.45. The minimum absolute atomic E-state index is 0.240. The Morgan fingerprint density at radius 2 is 2.18 bits per heavy atom. The van der Waals surface area contributed by atoms with Gasteiger partial charge in [-0.2, -0.15) is 0 Å². The van der Waals surface area contributed by atoms with E-state index >= 15 is 0 Å². The second kappa shape index (κ2) is 3.85. The minimum Gasteiger partial charge on any atom is -0.393 e. The SMILES string of the molecule is OC[C@H](O)c1cccc(Br)c1. The summed E-state index contributed by atoms with van der Waals surface area (Å²) in [6.45, 7) is -0.240. The highest BCUT2D eigenvalue weighted by Gasteiger charge is 2.04. The lowest BCUT2D eigenvalue weighted by atomic mass is 10.1. The maximum Gasteiger partial charge on any atom is 0.102 e. The Morgan fingerprint density at radius 3 is 2.73 bits per heavy atom. The van der Waals surface area contributed by atoms with Crippen LogP contribution in [0.25, 0.3) is 0 Å². The first-order valence-electron chi connectivity index (χ1n) is 3.28. The largest absolute Gasteiger partial charge is 0.393 e. The van der Waals surface area contributed by atoms with Gasteiger partial charge in [-0.1, -0.05) is 28.1 Å². The maximum atomic E-state index is 9.18. The molecule has 3 heteroatoms. The smallest absolute Gasteiger partial charge is 0.102 e. The van der Waals surface area contributed by atoms with Crippen LogP contribution in [0.4, 0.5) is 0 Å². The molecule has 2 N–H and O–H groups in total. The highest BCUT2D eigenvalue weighted by atomic mass is 79.9. The normalized spacial score (nSPS) is 13.0. The predicted octanol–water partition coefficient (Wildman–Crippen LogP) is 1.47. The summed E-state index contributed by atoms with van der Waals surface area (Å²) in [5.41, 5.74) is 0.724. The third-order valence-electron chi connectivity index (χ3n) is 1.41. The van der Waals surface area contributed by atoms with Crippen LogP contribution < -0.4 is 0 Å². The van der Waals surface area contributed by atoms with Crippen molar-refractivity contribution in [2.24, 2.45) is 0 Å². The fourth-order valence-corrected chi connectivity index (χ4v) is 1.24. The molecule has 0 radical (unpaired) electrons. The van der Waals surface area contributed by atoms with Crippen LogP contribution in [0.3, 0.4) is 0 Å². The van der Waals surface area contributed by atoms with Gasteiger partial charge in [0.15, 0.2) is 0 Å². The first kappa shape index (κ1) is 8.71. The van der Waals surface area contributed by atoms with Crippen LogP contribution in [0.15, 0.2) is 28.7 Å². The lowest BCUT2D eigenvalue weighted by molar-refractivity contribution is 0.0956. The van der Waals surface area contributed by atoms with Crippen LogP contribution in [0.2, 0.25) is 0 Å². The van der Waals surface area contributed by atoms with Gasteiger partial charge in [-0.05, 0) is 17.7 Å². The Bertz CT molecular complexity index is 237. The topological polar surface area (TPSA) is 40.5 Å². The summed E-state index contributed by atoms with van der Waals surface area (Å²) in [4.78, 5) is 0. The molecule has 1 aromatic rings. The van der Waals surface area contributed by atoms with Gasteiger partial charge >= 0.3 is 0 Å². The zero-order valence-electron chi connectivity index (χ0n) is 5.87. The van der Waals surface area contributed by atoms with Gasteiger partial charge < -0.3 is 10.2 Å². The molecule has 0 saturated heterocycles. The van der Waals surface area contributed by atoms with Gasteiger partial charge in [-0.25, -0.2) is 0 Å². The maximum absolute atomic E-state index is 9.18. The average molecular weight is 217 g/mol. The molecule has 0 aliphatic carbocycles. The van der Waals surface area contributed by atoms with E-state index in [1.165, 1.54) is 0 Å². The minimum atomic E-state index is -0.771. The van der Waals surface area contributed by atoms with Crippen LogP contribution in [0.1, 0.15) is 11.7 Å². The van der Waals surface area contributed by atoms with E-state index in [-0.39, 0.29) is 6.61 Å². The summed E-state index contributed by atoms with van der Waals surface area (Å²) in [6.07, 6.45) is -0.771. The molecule has 0 unspecified atom stereocenters. The number of hydrogen-bond acceptors (Lipinski definition) is 2. The van der Waals surface area contributed by atoms with Gasteiger partial charge in [0.2, 0.25) is 0 Å². The molecule has 0 aliphatic heterocycles. The van der Waals surface area contributed by atoms with Crippen molar-refractivity contribution >= 4 is 15.9 Å². The molecule has 1 atom stereocenters. The first-order chi connectivity index (χ1) is 5.24. The van der Waals surface area contributed by atoms with Gasteiger partial charge in [0.1, 0.15) is 6.10 Å². The molecule has 11 heavy (non-hydrogen) atoms. The summed E-state index contributed by atoms with van der Waals surface area (Å²) < 4.78 is 0.905. The monoisotopic (exact) mass is 216 g/mol. The molecule has 0 aromatic heterocycles. The molecule has 0 fully saturated rings. The van der Waals surface area contributed by atoms with Crippen molar-refractivity contribution in [1.82, 2.24) is 0 Å². The summed E-state index contributed by atoms with van der Waals surface area (Å²) in [7, 11) is 0. The summed E-state index contributed by atoms with van der Waals surface area (Å²) in [6, 6.07) is 7.23. The molecule has 0 bridgehead atoms. The van der Waals surface area contributed by atoms with E-state index < -0.39 is 6.10 Å². The summed E-state index contributed by atoms with van der Waals surface area (Å²) >= 11 is 3.27. The molecular weight excluding hydrogens is 208 g/mol. The van der Waals surface area contributed by atoms with E-state index in [0.717, 1.165) is 10.0 Å². The van der Waals surface area contributed by atoms with Crippen molar-refractivity contribution in [2.45, 2.75) is 6.10 Å². The fourth-order valence-electron chi connectivity index (χ4n) is 0.819.